The molecule has 0 radical (unpaired) electrons. The van der Waals surface area contributed by atoms with Crippen molar-refractivity contribution >= 4 is 0 Å². The Balaban J connectivity index is 3.31. The fourth-order valence-corrected chi connectivity index (χ4v) is 2.95. The summed E-state index contributed by atoms with van der Waals surface area (Å²) in [5.41, 5.74) is 0. The molecule has 0 aliphatic heterocycles. The summed E-state index contributed by atoms with van der Waals surface area (Å²) in [6.45, 7) is 6.17. The Hall–Kier alpha value is -0.160. The van der Waals surface area contributed by atoms with E-state index in [1.54, 1.807) is 0 Å². The zero-order valence-corrected chi connectivity index (χ0v) is 17.6. The predicted octanol–water partition coefficient (Wildman–Crippen LogP) is 5.24. The van der Waals surface area contributed by atoms with Crippen LogP contribution in [0.4, 0.5) is 0 Å². The van der Waals surface area contributed by atoms with Crippen molar-refractivity contribution in [2.24, 2.45) is 0 Å². The molecule has 0 bridgehead atoms. The van der Waals surface area contributed by atoms with Crippen LogP contribution in [-0.2, 0) is 9.47 Å². The van der Waals surface area contributed by atoms with Crippen molar-refractivity contribution < 1.29 is 19.7 Å². The summed E-state index contributed by atoms with van der Waals surface area (Å²) < 4.78 is 10.9. The number of rotatable bonds is 21. The Labute approximate surface area is 162 Å². The molecule has 0 aliphatic rings. The lowest BCUT2D eigenvalue weighted by Crippen LogP contribution is -2.34. The predicted molar refractivity (Wildman–Crippen MR) is 110 cm³/mol. The number of ether oxygens (including phenoxy) is 2. The zero-order valence-electron chi connectivity index (χ0n) is 17.6. The summed E-state index contributed by atoms with van der Waals surface area (Å²) >= 11 is 0. The maximum Gasteiger partial charge on any atom is 0.105 e. The maximum atomic E-state index is 9.89. The largest absolute Gasteiger partial charge is 0.388 e. The van der Waals surface area contributed by atoms with Gasteiger partial charge in [0, 0.05) is 13.2 Å². The van der Waals surface area contributed by atoms with E-state index in [-0.39, 0.29) is 13.2 Å². The van der Waals surface area contributed by atoms with Gasteiger partial charge in [-0.2, -0.15) is 0 Å². The monoisotopic (exact) mass is 374 g/mol. The van der Waals surface area contributed by atoms with Crippen molar-refractivity contribution in [3.63, 3.8) is 0 Å². The minimum absolute atomic E-state index is 0.192. The molecule has 0 rings (SSSR count). The number of aliphatic hydroxyl groups excluding tert-OH is 2. The van der Waals surface area contributed by atoms with E-state index < -0.39 is 12.2 Å². The van der Waals surface area contributed by atoms with Gasteiger partial charge in [-0.05, 0) is 12.8 Å². The molecular weight excluding hydrogens is 328 g/mol. The van der Waals surface area contributed by atoms with Crippen molar-refractivity contribution in [3.8, 4) is 0 Å². The second-order valence-electron chi connectivity index (χ2n) is 7.53. The Morgan fingerprint density at radius 2 is 0.808 bits per heavy atom. The van der Waals surface area contributed by atoms with Crippen LogP contribution in [-0.4, -0.2) is 48.8 Å². The first-order valence-corrected chi connectivity index (χ1v) is 11.2. The van der Waals surface area contributed by atoms with E-state index in [2.05, 4.69) is 13.8 Å². The number of unbranched alkanes of at least 4 members (excludes halogenated alkanes) is 12. The van der Waals surface area contributed by atoms with Crippen LogP contribution in [0.1, 0.15) is 104 Å². The number of hydrogen-bond donors (Lipinski definition) is 2. The molecule has 0 aromatic heterocycles. The lowest BCUT2D eigenvalue weighted by molar-refractivity contribution is -0.0711. The smallest absolute Gasteiger partial charge is 0.105 e. The van der Waals surface area contributed by atoms with Crippen LogP contribution < -0.4 is 0 Å². The summed E-state index contributed by atoms with van der Waals surface area (Å²) in [6, 6.07) is 0. The van der Waals surface area contributed by atoms with Gasteiger partial charge in [0.05, 0.1) is 13.2 Å². The molecule has 4 nitrogen and oxygen atoms in total. The SMILES string of the molecule is CCCCCCCCCOC[C@@H](O)[C@@H](O)COCCCCCCCCC. The Bertz CT molecular complexity index is 235. The van der Waals surface area contributed by atoms with Crippen molar-refractivity contribution in [2.75, 3.05) is 26.4 Å². The maximum absolute atomic E-state index is 9.89. The highest BCUT2D eigenvalue weighted by atomic mass is 16.5. The normalized spacial score (nSPS) is 13.8. The summed E-state index contributed by atoms with van der Waals surface area (Å²) in [6.07, 6.45) is 15.8. The molecule has 0 aromatic rings. The molecule has 0 fully saturated rings. The van der Waals surface area contributed by atoms with Gasteiger partial charge in [-0.15, -0.1) is 0 Å². The quantitative estimate of drug-likeness (QED) is 0.270. The van der Waals surface area contributed by atoms with Crippen molar-refractivity contribution in [2.45, 2.75) is 116 Å². The average molecular weight is 375 g/mol. The van der Waals surface area contributed by atoms with E-state index in [9.17, 15) is 10.2 Å². The van der Waals surface area contributed by atoms with E-state index in [4.69, 9.17) is 9.47 Å². The molecule has 0 saturated heterocycles. The highest BCUT2D eigenvalue weighted by molar-refractivity contribution is 4.65. The molecule has 0 aliphatic carbocycles. The van der Waals surface area contributed by atoms with Crippen LogP contribution in [0, 0.1) is 0 Å². The van der Waals surface area contributed by atoms with Gasteiger partial charge in [-0.3, -0.25) is 0 Å². The van der Waals surface area contributed by atoms with Gasteiger partial charge < -0.3 is 19.7 Å². The van der Waals surface area contributed by atoms with Crippen LogP contribution in [0.25, 0.3) is 0 Å². The van der Waals surface area contributed by atoms with E-state index in [1.165, 1.54) is 77.0 Å². The molecule has 0 aromatic carbocycles. The second kappa shape index (κ2) is 21.1. The Morgan fingerprint density at radius 1 is 0.500 bits per heavy atom. The molecule has 2 atom stereocenters. The van der Waals surface area contributed by atoms with Gasteiger partial charge in [0.2, 0.25) is 0 Å². The first-order valence-electron chi connectivity index (χ1n) is 11.2. The molecule has 2 N–H and O–H groups in total. The summed E-state index contributed by atoms with van der Waals surface area (Å²) in [4.78, 5) is 0. The van der Waals surface area contributed by atoms with E-state index in [1.807, 2.05) is 0 Å². The van der Waals surface area contributed by atoms with Gasteiger partial charge >= 0.3 is 0 Å². The highest BCUT2D eigenvalue weighted by Crippen LogP contribution is 2.08. The molecule has 0 saturated carbocycles. The minimum atomic E-state index is -0.853. The number of aliphatic hydroxyl groups is 2. The van der Waals surface area contributed by atoms with E-state index in [0.29, 0.717) is 13.2 Å². The molecule has 26 heavy (non-hydrogen) atoms. The molecule has 0 heterocycles. The van der Waals surface area contributed by atoms with Crippen molar-refractivity contribution in [1.82, 2.24) is 0 Å². The highest BCUT2D eigenvalue weighted by Gasteiger charge is 2.16. The van der Waals surface area contributed by atoms with Gasteiger partial charge in [0.15, 0.2) is 0 Å². The molecule has 158 valence electrons. The van der Waals surface area contributed by atoms with E-state index >= 15 is 0 Å². The molecule has 0 unspecified atom stereocenters. The average Bonchev–Trinajstić information content (AvgIpc) is 2.65. The third-order valence-corrected chi connectivity index (χ3v) is 4.81. The molecule has 0 amide bonds. The third-order valence-electron chi connectivity index (χ3n) is 4.81. The van der Waals surface area contributed by atoms with E-state index in [0.717, 1.165) is 12.8 Å². The van der Waals surface area contributed by atoms with Crippen LogP contribution in [0.15, 0.2) is 0 Å². The van der Waals surface area contributed by atoms with Gasteiger partial charge in [-0.1, -0.05) is 90.9 Å². The van der Waals surface area contributed by atoms with Crippen molar-refractivity contribution in [3.05, 3.63) is 0 Å². The molecule has 4 heteroatoms. The standard InChI is InChI=1S/C22H46O4/c1-3-5-7-9-11-13-15-17-25-19-21(23)22(24)20-26-18-16-14-12-10-8-6-4-2/h21-24H,3-20H2,1-2H3/t21-,22+. The van der Waals surface area contributed by atoms with Crippen LogP contribution in [0.3, 0.4) is 0 Å². The minimum Gasteiger partial charge on any atom is -0.388 e. The lowest BCUT2D eigenvalue weighted by Gasteiger charge is -2.18. The van der Waals surface area contributed by atoms with Gasteiger partial charge in [0.25, 0.3) is 0 Å². The number of hydrogen-bond acceptors (Lipinski definition) is 4. The third kappa shape index (κ3) is 18.6. The van der Waals surface area contributed by atoms with Crippen LogP contribution in [0.2, 0.25) is 0 Å². The fourth-order valence-electron chi connectivity index (χ4n) is 2.95. The summed E-state index contributed by atoms with van der Waals surface area (Å²) in [7, 11) is 0. The molecule has 0 spiro atoms. The topological polar surface area (TPSA) is 58.9 Å². The summed E-state index contributed by atoms with van der Waals surface area (Å²) in [5.74, 6) is 0. The Kier molecular flexibility index (Phi) is 21.0. The molecular formula is C22H46O4. The van der Waals surface area contributed by atoms with Crippen LogP contribution in [0.5, 0.6) is 0 Å². The van der Waals surface area contributed by atoms with Crippen LogP contribution >= 0.6 is 0 Å². The van der Waals surface area contributed by atoms with Gasteiger partial charge in [0.1, 0.15) is 12.2 Å². The zero-order chi connectivity index (χ0) is 19.3. The Morgan fingerprint density at radius 3 is 1.15 bits per heavy atom. The second-order valence-corrected chi connectivity index (χ2v) is 7.53. The van der Waals surface area contributed by atoms with Crippen molar-refractivity contribution in [1.29, 1.82) is 0 Å². The summed E-state index contributed by atoms with van der Waals surface area (Å²) in [5, 5.41) is 19.8. The first-order chi connectivity index (χ1) is 12.7. The van der Waals surface area contributed by atoms with Gasteiger partial charge in [-0.25, -0.2) is 0 Å². The lowest BCUT2D eigenvalue weighted by atomic mass is 10.1. The first kappa shape index (κ1) is 25.8. The fraction of sp³-hybridized carbons (Fsp3) is 1.00.